The van der Waals surface area contributed by atoms with E-state index in [4.69, 9.17) is 14.2 Å². The molecular weight excluding hydrogens is 338 g/mol. The molecule has 2 aliphatic rings. The molecule has 2 rings (SSSR count). The zero-order valence-electron chi connectivity index (χ0n) is 16.0. The molecule has 0 aromatic rings. The van der Waals surface area contributed by atoms with Crippen molar-refractivity contribution in [2.45, 2.75) is 70.2 Å². The second kappa shape index (κ2) is 8.20. The Hall–Kier alpha value is -1.89. The first kappa shape index (κ1) is 20.4. The highest BCUT2D eigenvalue weighted by Gasteiger charge is 2.55. The molecule has 2 bridgehead atoms. The van der Waals surface area contributed by atoms with Crippen molar-refractivity contribution in [1.29, 1.82) is 0 Å². The van der Waals surface area contributed by atoms with Crippen molar-refractivity contribution in [3.8, 4) is 0 Å². The van der Waals surface area contributed by atoms with Gasteiger partial charge in [-0.05, 0) is 40.0 Å². The third-order valence-corrected chi connectivity index (χ3v) is 4.94. The predicted molar refractivity (Wildman–Crippen MR) is 94.2 cm³/mol. The zero-order chi connectivity index (χ0) is 19.5. The Kier molecular flexibility index (Phi) is 6.44. The molecule has 0 radical (unpaired) electrons. The first-order valence-corrected chi connectivity index (χ1v) is 9.03. The van der Waals surface area contributed by atoms with Gasteiger partial charge >= 0.3 is 11.9 Å². The van der Waals surface area contributed by atoms with Crippen molar-refractivity contribution in [2.75, 3.05) is 13.7 Å². The van der Waals surface area contributed by atoms with E-state index in [1.54, 1.807) is 7.11 Å². The molecule has 1 saturated heterocycles. The quantitative estimate of drug-likeness (QED) is 0.388. The number of hydrogen-bond donors (Lipinski definition) is 0. The van der Waals surface area contributed by atoms with E-state index in [1.807, 2.05) is 25.7 Å². The van der Waals surface area contributed by atoms with Gasteiger partial charge in [-0.2, -0.15) is 0 Å². The molecule has 0 N–H and O–H groups in total. The summed E-state index contributed by atoms with van der Waals surface area (Å²) >= 11 is 0. The van der Waals surface area contributed by atoms with Gasteiger partial charge in [0.2, 0.25) is 5.91 Å². The van der Waals surface area contributed by atoms with Crippen LogP contribution in [-0.4, -0.2) is 60.3 Å². The van der Waals surface area contributed by atoms with Gasteiger partial charge < -0.3 is 19.1 Å². The Bertz CT molecular complexity index is 567. The van der Waals surface area contributed by atoms with E-state index in [1.165, 1.54) is 0 Å². The van der Waals surface area contributed by atoms with Crippen molar-refractivity contribution < 1.29 is 28.6 Å². The minimum atomic E-state index is -0.513. The summed E-state index contributed by atoms with van der Waals surface area (Å²) < 4.78 is 16.1. The molecule has 26 heavy (non-hydrogen) atoms. The Labute approximate surface area is 154 Å². The fraction of sp³-hybridized carbons (Fsp3) is 0.737. The van der Waals surface area contributed by atoms with Crippen molar-refractivity contribution in [2.24, 2.45) is 5.92 Å². The maximum atomic E-state index is 12.7. The molecule has 7 nitrogen and oxygen atoms in total. The SMILES string of the molecule is C=CC(=O)OCCCC(=O)OC1C(OC)CC2CC1N(C(C)(C)C)C2=O. The van der Waals surface area contributed by atoms with Gasteiger partial charge in [-0.25, -0.2) is 4.79 Å². The van der Waals surface area contributed by atoms with E-state index in [9.17, 15) is 14.4 Å². The Morgan fingerprint density at radius 1 is 1.31 bits per heavy atom. The summed E-state index contributed by atoms with van der Waals surface area (Å²) in [5.41, 5.74) is -0.345. The number of esters is 2. The summed E-state index contributed by atoms with van der Waals surface area (Å²) in [7, 11) is 1.58. The van der Waals surface area contributed by atoms with Gasteiger partial charge in [0.15, 0.2) is 0 Å². The summed E-state index contributed by atoms with van der Waals surface area (Å²) in [5, 5.41) is 0. The third-order valence-electron chi connectivity index (χ3n) is 4.94. The van der Waals surface area contributed by atoms with E-state index >= 15 is 0 Å². The molecule has 2 fully saturated rings. The van der Waals surface area contributed by atoms with Crippen LogP contribution in [0.5, 0.6) is 0 Å². The highest BCUT2D eigenvalue weighted by atomic mass is 16.6. The predicted octanol–water partition coefficient (Wildman–Crippen LogP) is 1.84. The first-order valence-electron chi connectivity index (χ1n) is 9.03. The maximum absolute atomic E-state index is 12.7. The van der Waals surface area contributed by atoms with Crippen LogP contribution in [0, 0.1) is 5.92 Å². The fourth-order valence-electron chi connectivity index (χ4n) is 3.87. The number of hydrogen-bond acceptors (Lipinski definition) is 6. The van der Waals surface area contributed by atoms with Crippen LogP contribution in [-0.2, 0) is 28.6 Å². The Balaban J connectivity index is 1.99. The van der Waals surface area contributed by atoms with Gasteiger partial charge in [-0.15, -0.1) is 0 Å². The maximum Gasteiger partial charge on any atom is 0.330 e. The van der Waals surface area contributed by atoms with Gasteiger partial charge in [0.05, 0.1) is 18.8 Å². The number of fused-ring (bicyclic) bond motifs is 2. The molecule has 0 aromatic carbocycles. The highest BCUT2D eigenvalue weighted by Crippen LogP contribution is 2.42. The van der Waals surface area contributed by atoms with Gasteiger partial charge in [0.1, 0.15) is 6.10 Å². The van der Waals surface area contributed by atoms with Crippen LogP contribution in [0.25, 0.3) is 0 Å². The van der Waals surface area contributed by atoms with Crippen molar-refractivity contribution in [3.63, 3.8) is 0 Å². The minimum Gasteiger partial charge on any atom is -0.463 e. The molecule has 1 saturated carbocycles. The van der Waals surface area contributed by atoms with Gasteiger partial charge in [-0.3, -0.25) is 9.59 Å². The first-order chi connectivity index (χ1) is 12.2. The topological polar surface area (TPSA) is 82.1 Å². The van der Waals surface area contributed by atoms with Gasteiger partial charge in [0.25, 0.3) is 0 Å². The molecule has 1 heterocycles. The lowest BCUT2D eigenvalue weighted by Gasteiger charge is -2.41. The molecule has 4 unspecified atom stereocenters. The van der Waals surface area contributed by atoms with Crippen LogP contribution < -0.4 is 0 Å². The number of carbonyl (C=O) groups is 3. The number of carbonyl (C=O) groups excluding carboxylic acids is 3. The van der Waals surface area contributed by atoms with E-state index < -0.39 is 12.1 Å². The lowest BCUT2D eigenvalue weighted by atomic mass is 9.85. The van der Waals surface area contributed by atoms with E-state index in [0.29, 0.717) is 19.3 Å². The number of amides is 1. The van der Waals surface area contributed by atoms with Crippen LogP contribution >= 0.6 is 0 Å². The molecule has 1 amide bonds. The van der Waals surface area contributed by atoms with Crippen LogP contribution in [0.4, 0.5) is 0 Å². The minimum absolute atomic E-state index is 0.0718. The van der Waals surface area contributed by atoms with Crippen molar-refractivity contribution >= 4 is 17.8 Å². The monoisotopic (exact) mass is 367 g/mol. The Morgan fingerprint density at radius 2 is 2.00 bits per heavy atom. The standard InChI is InChI=1S/C19H29NO6/c1-6-15(21)25-9-7-8-16(22)26-17-13-10-12(11-14(17)24-5)18(23)20(13)19(2,3)4/h6,12-14,17H,1,7-11H2,2-5H3. The zero-order valence-corrected chi connectivity index (χ0v) is 16.0. The molecule has 0 aromatic heterocycles. The van der Waals surface area contributed by atoms with Crippen molar-refractivity contribution in [3.05, 3.63) is 12.7 Å². The van der Waals surface area contributed by atoms with Crippen LogP contribution in [0.2, 0.25) is 0 Å². The molecule has 146 valence electrons. The molecule has 0 spiro atoms. The summed E-state index contributed by atoms with van der Waals surface area (Å²) in [4.78, 5) is 37.8. The lowest BCUT2D eigenvalue weighted by Crippen LogP contribution is -2.55. The fourth-order valence-corrected chi connectivity index (χ4v) is 3.87. The van der Waals surface area contributed by atoms with E-state index in [2.05, 4.69) is 6.58 Å². The number of nitrogens with zero attached hydrogens (tertiary/aromatic N) is 1. The normalized spacial score (nSPS) is 28.0. The van der Waals surface area contributed by atoms with E-state index in [0.717, 1.165) is 6.08 Å². The summed E-state index contributed by atoms with van der Waals surface area (Å²) in [6.45, 7) is 9.41. The number of likely N-dealkylation sites (tertiary alicyclic amines) is 1. The number of methoxy groups -OCH3 is 1. The van der Waals surface area contributed by atoms with Gasteiger partial charge in [0, 0.05) is 31.1 Å². The number of rotatable bonds is 7. The molecular formula is C19H29NO6. The molecule has 1 aliphatic heterocycles. The largest absolute Gasteiger partial charge is 0.463 e. The smallest absolute Gasteiger partial charge is 0.330 e. The van der Waals surface area contributed by atoms with Crippen LogP contribution in [0.15, 0.2) is 12.7 Å². The van der Waals surface area contributed by atoms with Gasteiger partial charge in [-0.1, -0.05) is 6.58 Å². The average molecular weight is 367 g/mol. The second-order valence-corrected chi connectivity index (χ2v) is 7.82. The third kappa shape index (κ3) is 4.44. The average Bonchev–Trinajstić information content (AvgIpc) is 2.85. The van der Waals surface area contributed by atoms with Crippen molar-refractivity contribution in [1.82, 2.24) is 4.90 Å². The van der Waals surface area contributed by atoms with Crippen LogP contribution in [0.1, 0.15) is 46.5 Å². The lowest BCUT2D eigenvalue weighted by molar-refractivity contribution is -0.167. The second-order valence-electron chi connectivity index (χ2n) is 7.82. The molecule has 4 atom stereocenters. The Morgan fingerprint density at radius 3 is 2.58 bits per heavy atom. The summed E-state index contributed by atoms with van der Waals surface area (Å²) in [6.07, 6.45) is 2.06. The summed E-state index contributed by atoms with van der Waals surface area (Å²) in [6, 6.07) is -0.172. The molecule has 7 heteroatoms. The number of ether oxygens (including phenoxy) is 3. The molecule has 1 aliphatic carbocycles. The van der Waals surface area contributed by atoms with Crippen LogP contribution in [0.3, 0.4) is 0 Å². The summed E-state index contributed by atoms with van der Waals surface area (Å²) in [5.74, 6) is -0.850. The highest BCUT2D eigenvalue weighted by molar-refractivity contribution is 5.83. The van der Waals surface area contributed by atoms with E-state index in [-0.39, 0.29) is 48.5 Å².